The lowest BCUT2D eigenvalue weighted by molar-refractivity contribution is -0.142. The minimum atomic E-state index is -0.889. The van der Waals surface area contributed by atoms with Crippen LogP contribution < -0.4 is 5.32 Å². The fourth-order valence-electron chi connectivity index (χ4n) is 1.97. The first-order chi connectivity index (χ1) is 9.86. The maximum Gasteiger partial charge on any atom is 0.308 e. The van der Waals surface area contributed by atoms with Gasteiger partial charge in [-0.15, -0.1) is 0 Å². The molecule has 1 amide bonds. The Morgan fingerprint density at radius 2 is 1.95 bits per heavy atom. The molecule has 6 heteroatoms. The van der Waals surface area contributed by atoms with Gasteiger partial charge in [-0.3, -0.25) is 9.59 Å². The smallest absolute Gasteiger partial charge is 0.308 e. The van der Waals surface area contributed by atoms with Gasteiger partial charge in [0.05, 0.1) is 21.9 Å². The average molecular weight is 332 g/mol. The van der Waals surface area contributed by atoms with Crippen molar-refractivity contribution in [1.29, 1.82) is 0 Å². The molecule has 0 aliphatic carbocycles. The number of carboxylic acid groups (broad SMARTS) is 1. The summed E-state index contributed by atoms with van der Waals surface area (Å²) in [4.78, 5) is 23.1. The summed E-state index contributed by atoms with van der Waals surface area (Å²) in [6.45, 7) is 3.79. The first kappa shape index (κ1) is 17.8. The summed E-state index contributed by atoms with van der Waals surface area (Å²) in [5, 5.41) is 12.6. The molecule has 0 saturated heterocycles. The number of halogens is 2. The summed E-state index contributed by atoms with van der Waals surface area (Å²) in [6, 6.07) is 5.02. The maximum absolute atomic E-state index is 12.1. The number of rotatable bonds is 7. The Hall–Kier alpha value is -1.26. The molecule has 0 aromatic heterocycles. The van der Waals surface area contributed by atoms with E-state index in [0.717, 1.165) is 12.0 Å². The van der Waals surface area contributed by atoms with Crippen LogP contribution in [0.4, 0.5) is 0 Å². The Labute approximate surface area is 134 Å². The van der Waals surface area contributed by atoms with E-state index in [1.807, 2.05) is 6.92 Å². The van der Waals surface area contributed by atoms with Crippen molar-refractivity contribution in [2.24, 2.45) is 5.92 Å². The van der Waals surface area contributed by atoms with Crippen LogP contribution >= 0.6 is 23.2 Å². The summed E-state index contributed by atoms with van der Waals surface area (Å²) in [5.74, 6) is -2.09. The molecule has 0 heterocycles. The van der Waals surface area contributed by atoms with Gasteiger partial charge in [0, 0.05) is 6.54 Å². The van der Waals surface area contributed by atoms with Crippen molar-refractivity contribution in [3.05, 3.63) is 33.8 Å². The molecule has 2 N–H and O–H groups in total. The average Bonchev–Trinajstić information content (AvgIpc) is 2.44. The number of carboxylic acids is 1. The predicted octanol–water partition coefficient (Wildman–Crippen LogP) is 3.71. The zero-order valence-corrected chi connectivity index (χ0v) is 13.5. The topological polar surface area (TPSA) is 66.4 Å². The van der Waals surface area contributed by atoms with E-state index in [2.05, 4.69) is 5.32 Å². The predicted molar refractivity (Wildman–Crippen MR) is 83.9 cm³/mol. The second kappa shape index (κ2) is 8.25. The van der Waals surface area contributed by atoms with Gasteiger partial charge in [0.1, 0.15) is 0 Å². The highest BCUT2D eigenvalue weighted by molar-refractivity contribution is 6.42. The number of carbonyl (C=O) groups excluding carboxylic acids is 1. The van der Waals surface area contributed by atoms with Gasteiger partial charge in [0.15, 0.2) is 0 Å². The molecular formula is C15H19Cl2NO3. The third-order valence-electron chi connectivity index (χ3n) is 3.35. The number of nitrogens with one attached hydrogen (secondary N) is 1. The van der Waals surface area contributed by atoms with Crippen molar-refractivity contribution in [2.75, 3.05) is 6.54 Å². The van der Waals surface area contributed by atoms with Gasteiger partial charge in [-0.25, -0.2) is 0 Å². The first-order valence-corrected chi connectivity index (χ1v) is 7.57. The molecule has 0 saturated carbocycles. The third-order valence-corrected chi connectivity index (χ3v) is 4.09. The molecule has 2 atom stereocenters. The van der Waals surface area contributed by atoms with Gasteiger partial charge in [0.25, 0.3) is 0 Å². The fourth-order valence-corrected chi connectivity index (χ4v) is 2.28. The van der Waals surface area contributed by atoms with Gasteiger partial charge in [-0.1, -0.05) is 42.6 Å². The Bertz CT molecular complexity index is 520. The van der Waals surface area contributed by atoms with Crippen LogP contribution in [0.3, 0.4) is 0 Å². The van der Waals surface area contributed by atoms with Gasteiger partial charge >= 0.3 is 5.97 Å². The van der Waals surface area contributed by atoms with Gasteiger partial charge in [-0.05, 0) is 31.0 Å². The highest BCUT2D eigenvalue weighted by atomic mass is 35.5. The quantitative estimate of drug-likeness (QED) is 0.800. The van der Waals surface area contributed by atoms with Gasteiger partial charge in [-0.2, -0.15) is 0 Å². The third kappa shape index (κ3) is 5.21. The number of hydrogen-bond donors (Lipinski definition) is 2. The van der Waals surface area contributed by atoms with Crippen molar-refractivity contribution >= 4 is 35.1 Å². The van der Waals surface area contributed by atoms with E-state index < -0.39 is 17.8 Å². The molecular weight excluding hydrogens is 313 g/mol. The summed E-state index contributed by atoms with van der Waals surface area (Å²) in [5.41, 5.74) is 0.740. The molecule has 2 unspecified atom stereocenters. The molecule has 0 spiro atoms. The molecule has 0 bridgehead atoms. The van der Waals surface area contributed by atoms with E-state index in [9.17, 15) is 9.59 Å². The SMILES string of the molecule is CCCC(CNC(=O)C(C)c1ccc(Cl)c(Cl)c1)C(=O)O. The molecule has 1 aromatic rings. The zero-order chi connectivity index (χ0) is 16.0. The van der Waals surface area contributed by atoms with Crippen molar-refractivity contribution in [3.8, 4) is 0 Å². The van der Waals surface area contributed by atoms with Crippen LogP contribution in [0, 0.1) is 5.92 Å². The Morgan fingerprint density at radius 3 is 2.48 bits per heavy atom. The van der Waals surface area contributed by atoms with E-state index in [1.165, 1.54) is 0 Å². The molecule has 0 aliphatic heterocycles. The van der Waals surface area contributed by atoms with Crippen molar-refractivity contribution in [3.63, 3.8) is 0 Å². The van der Waals surface area contributed by atoms with Crippen LogP contribution in [-0.2, 0) is 9.59 Å². The molecule has 0 fully saturated rings. The van der Waals surface area contributed by atoms with Crippen molar-refractivity contribution in [1.82, 2.24) is 5.32 Å². The minimum absolute atomic E-state index is 0.133. The lowest BCUT2D eigenvalue weighted by Crippen LogP contribution is -2.35. The molecule has 4 nitrogen and oxygen atoms in total. The van der Waals surface area contributed by atoms with Crippen LogP contribution in [-0.4, -0.2) is 23.5 Å². The molecule has 1 rings (SSSR count). The monoisotopic (exact) mass is 331 g/mol. The largest absolute Gasteiger partial charge is 0.481 e. The van der Waals surface area contributed by atoms with Crippen LogP contribution in [0.25, 0.3) is 0 Å². The number of hydrogen-bond acceptors (Lipinski definition) is 2. The summed E-state index contributed by atoms with van der Waals surface area (Å²) < 4.78 is 0. The Balaban J connectivity index is 2.65. The Morgan fingerprint density at radius 1 is 1.29 bits per heavy atom. The van der Waals surface area contributed by atoms with Crippen molar-refractivity contribution < 1.29 is 14.7 Å². The van der Waals surface area contributed by atoms with Gasteiger partial charge < -0.3 is 10.4 Å². The number of amides is 1. The molecule has 0 radical (unpaired) electrons. The summed E-state index contributed by atoms with van der Waals surface area (Å²) >= 11 is 11.8. The minimum Gasteiger partial charge on any atom is -0.481 e. The van der Waals surface area contributed by atoms with E-state index >= 15 is 0 Å². The lowest BCUT2D eigenvalue weighted by Gasteiger charge is -2.16. The summed E-state index contributed by atoms with van der Waals surface area (Å²) in [7, 11) is 0. The number of aliphatic carboxylic acids is 1. The number of benzene rings is 1. The highest BCUT2D eigenvalue weighted by Crippen LogP contribution is 2.26. The Kier molecular flexibility index (Phi) is 6.99. The zero-order valence-electron chi connectivity index (χ0n) is 12.0. The first-order valence-electron chi connectivity index (χ1n) is 6.82. The molecule has 0 aliphatic rings. The van der Waals surface area contributed by atoms with Crippen LogP contribution in [0.1, 0.15) is 38.2 Å². The summed E-state index contributed by atoms with van der Waals surface area (Å²) in [6.07, 6.45) is 1.30. The second-order valence-corrected chi connectivity index (χ2v) is 5.78. The van der Waals surface area contributed by atoms with Crippen molar-refractivity contribution in [2.45, 2.75) is 32.6 Å². The van der Waals surface area contributed by atoms with Crippen LogP contribution in [0.2, 0.25) is 10.0 Å². The molecule has 21 heavy (non-hydrogen) atoms. The molecule has 116 valence electrons. The van der Waals surface area contributed by atoms with E-state index in [4.69, 9.17) is 28.3 Å². The number of carbonyl (C=O) groups is 2. The van der Waals surface area contributed by atoms with E-state index in [-0.39, 0.29) is 12.5 Å². The lowest BCUT2D eigenvalue weighted by atomic mass is 9.99. The fraction of sp³-hybridized carbons (Fsp3) is 0.467. The van der Waals surface area contributed by atoms with E-state index in [0.29, 0.717) is 16.5 Å². The highest BCUT2D eigenvalue weighted by Gasteiger charge is 2.20. The molecule has 1 aromatic carbocycles. The standard InChI is InChI=1S/C15H19Cl2NO3/c1-3-4-11(15(20)21)8-18-14(19)9(2)10-5-6-12(16)13(17)7-10/h5-7,9,11H,3-4,8H2,1-2H3,(H,18,19)(H,20,21). The van der Waals surface area contributed by atoms with Gasteiger partial charge in [0.2, 0.25) is 5.91 Å². The normalized spacial score (nSPS) is 13.5. The second-order valence-electron chi connectivity index (χ2n) is 4.96. The van der Waals surface area contributed by atoms with E-state index in [1.54, 1.807) is 25.1 Å². The van der Waals surface area contributed by atoms with Crippen LogP contribution in [0.15, 0.2) is 18.2 Å². The maximum atomic E-state index is 12.1. The van der Waals surface area contributed by atoms with Crippen LogP contribution in [0.5, 0.6) is 0 Å².